The fraction of sp³-hybridized carbons (Fsp3) is 0.300. The van der Waals surface area contributed by atoms with Gasteiger partial charge < -0.3 is 16.4 Å². The number of anilines is 4. The summed E-state index contributed by atoms with van der Waals surface area (Å²) in [4.78, 5) is 16.9. The second-order valence-electron chi connectivity index (χ2n) is 7.17. The highest BCUT2D eigenvalue weighted by molar-refractivity contribution is 7.92. The van der Waals surface area contributed by atoms with Crippen molar-refractivity contribution in [1.82, 2.24) is 19.9 Å². The van der Waals surface area contributed by atoms with Crippen LogP contribution in [0.3, 0.4) is 0 Å². The molecule has 2 aromatic heterocycles. The summed E-state index contributed by atoms with van der Waals surface area (Å²) in [5.74, 6) is 1.79. The van der Waals surface area contributed by atoms with Crippen molar-refractivity contribution in [2.75, 3.05) is 28.4 Å². The van der Waals surface area contributed by atoms with Gasteiger partial charge in [-0.25, -0.2) is 28.1 Å². The average Bonchev–Trinajstić information content (AvgIpc) is 3.60. The highest BCUT2D eigenvalue weighted by Crippen LogP contribution is 2.42. The zero-order chi connectivity index (χ0) is 21.7. The van der Waals surface area contributed by atoms with Crippen molar-refractivity contribution < 1.29 is 8.42 Å². The van der Waals surface area contributed by atoms with Crippen molar-refractivity contribution in [1.29, 1.82) is 0 Å². The van der Waals surface area contributed by atoms with E-state index in [0.717, 1.165) is 37.2 Å². The Hall–Kier alpha value is -3.31. The van der Waals surface area contributed by atoms with Gasteiger partial charge in [-0.1, -0.05) is 0 Å². The standard InChI is InChI=1S/C20H24N8O2S/c21-9-1-10-22-18-17(14-3-4-14)13-25-20(27-18)26-15-5-7-16(8-6-15)31(29,30)28-19-23-11-2-12-24-19/h2,5-8,11-14H,1,3-4,9-10,21H2,(H,23,24,28)(H2,22,25,26,27). The molecular formula is C20H24N8O2S. The normalized spacial score (nSPS) is 13.6. The van der Waals surface area contributed by atoms with Crippen LogP contribution in [0.15, 0.2) is 53.8 Å². The summed E-state index contributed by atoms with van der Waals surface area (Å²) in [5, 5.41) is 6.47. The third-order valence-electron chi connectivity index (χ3n) is 4.72. The first-order valence-electron chi connectivity index (χ1n) is 10.0. The molecule has 0 saturated heterocycles. The Morgan fingerprint density at radius 3 is 2.45 bits per heavy atom. The van der Waals surface area contributed by atoms with Gasteiger partial charge in [0, 0.05) is 36.4 Å². The van der Waals surface area contributed by atoms with Gasteiger partial charge >= 0.3 is 0 Å². The smallest absolute Gasteiger partial charge is 0.264 e. The van der Waals surface area contributed by atoms with Crippen LogP contribution in [0.25, 0.3) is 0 Å². The van der Waals surface area contributed by atoms with E-state index in [1.807, 2.05) is 6.20 Å². The average molecular weight is 441 g/mol. The van der Waals surface area contributed by atoms with Gasteiger partial charge in [0.25, 0.3) is 10.0 Å². The Kier molecular flexibility index (Phi) is 6.23. The third-order valence-corrected chi connectivity index (χ3v) is 6.06. The fourth-order valence-corrected chi connectivity index (χ4v) is 3.93. The van der Waals surface area contributed by atoms with E-state index < -0.39 is 10.0 Å². The van der Waals surface area contributed by atoms with E-state index in [0.29, 0.717) is 24.1 Å². The minimum absolute atomic E-state index is 0.0171. The van der Waals surface area contributed by atoms with Crippen LogP contribution < -0.4 is 21.1 Å². The molecule has 0 radical (unpaired) electrons. The minimum atomic E-state index is -3.78. The fourth-order valence-electron chi connectivity index (χ4n) is 2.97. The van der Waals surface area contributed by atoms with E-state index in [4.69, 9.17) is 5.73 Å². The Morgan fingerprint density at radius 2 is 1.77 bits per heavy atom. The molecule has 10 nitrogen and oxygen atoms in total. The summed E-state index contributed by atoms with van der Waals surface area (Å²) in [6.07, 6.45) is 7.94. The highest BCUT2D eigenvalue weighted by atomic mass is 32.2. The molecule has 2 heterocycles. The maximum atomic E-state index is 12.5. The second-order valence-corrected chi connectivity index (χ2v) is 8.85. The van der Waals surface area contributed by atoms with E-state index in [1.54, 1.807) is 18.2 Å². The number of nitrogens with one attached hydrogen (secondary N) is 3. The van der Waals surface area contributed by atoms with Crippen LogP contribution >= 0.6 is 0 Å². The Morgan fingerprint density at radius 1 is 1.03 bits per heavy atom. The summed E-state index contributed by atoms with van der Waals surface area (Å²) in [5.41, 5.74) is 7.37. The minimum Gasteiger partial charge on any atom is -0.370 e. The van der Waals surface area contributed by atoms with Gasteiger partial charge in [-0.3, -0.25) is 0 Å². The number of nitrogens with two attached hydrogens (primary N) is 1. The number of hydrogen-bond acceptors (Lipinski definition) is 9. The van der Waals surface area contributed by atoms with Crippen LogP contribution in [0, 0.1) is 0 Å². The molecule has 0 aliphatic heterocycles. The van der Waals surface area contributed by atoms with Gasteiger partial charge in [0.15, 0.2) is 0 Å². The molecule has 0 bridgehead atoms. The number of rotatable bonds is 10. The molecule has 0 spiro atoms. The van der Waals surface area contributed by atoms with Crippen LogP contribution in [0.2, 0.25) is 0 Å². The van der Waals surface area contributed by atoms with Crippen LogP contribution in [-0.2, 0) is 10.0 Å². The monoisotopic (exact) mass is 440 g/mol. The molecule has 3 aromatic rings. The van der Waals surface area contributed by atoms with Gasteiger partial charge in [0.2, 0.25) is 11.9 Å². The SMILES string of the molecule is NCCCNc1nc(Nc2ccc(S(=O)(=O)Nc3ncccn3)cc2)ncc1C1CC1. The first-order valence-corrected chi connectivity index (χ1v) is 11.5. The first-order chi connectivity index (χ1) is 15.0. The predicted octanol–water partition coefficient (Wildman–Crippen LogP) is 2.45. The molecule has 1 aliphatic rings. The van der Waals surface area contributed by atoms with Crippen molar-refractivity contribution in [2.45, 2.75) is 30.1 Å². The maximum Gasteiger partial charge on any atom is 0.264 e. The summed E-state index contributed by atoms with van der Waals surface area (Å²) in [6.45, 7) is 1.36. The molecule has 1 aliphatic carbocycles. The van der Waals surface area contributed by atoms with Crippen LogP contribution in [0.1, 0.15) is 30.7 Å². The quantitative estimate of drug-likeness (QED) is 0.349. The number of aromatic nitrogens is 4. The third kappa shape index (κ3) is 5.44. The van der Waals surface area contributed by atoms with Crippen molar-refractivity contribution in [2.24, 2.45) is 5.73 Å². The number of nitrogens with zero attached hydrogens (tertiary/aromatic N) is 4. The molecule has 11 heteroatoms. The van der Waals surface area contributed by atoms with Gasteiger partial charge in [-0.15, -0.1) is 0 Å². The van der Waals surface area contributed by atoms with E-state index in [2.05, 4.69) is 35.3 Å². The first kappa shape index (κ1) is 20.9. The lowest BCUT2D eigenvalue weighted by molar-refractivity contribution is 0.601. The highest BCUT2D eigenvalue weighted by Gasteiger charge is 2.27. The lowest BCUT2D eigenvalue weighted by Gasteiger charge is -2.13. The molecule has 0 unspecified atom stereocenters. The van der Waals surface area contributed by atoms with Crippen molar-refractivity contribution in [3.05, 3.63) is 54.5 Å². The molecule has 162 valence electrons. The lowest BCUT2D eigenvalue weighted by Crippen LogP contribution is -2.14. The number of sulfonamides is 1. The second kappa shape index (κ2) is 9.23. The van der Waals surface area contributed by atoms with Gasteiger partial charge in [-0.2, -0.15) is 4.98 Å². The van der Waals surface area contributed by atoms with Crippen molar-refractivity contribution in [3.63, 3.8) is 0 Å². The van der Waals surface area contributed by atoms with Crippen LogP contribution in [0.4, 0.5) is 23.4 Å². The van der Waals surface area contributed by atoms with Crippen LogP contribution in [-0.4, -0.2) is 41.4 Å². The van der Waals surface area contributed by atoms with Gasteiger partial charge in [-0.05, 0) is 62.1 Å². The molecule has 5 N–H and O–H groups in total. The summed E-state index contributed by atoms with van der Waals surface area (Å²) in [7, 11) is -3.78. The zero-order valence-corrected chi connectivity index (χ0v) is 17.6. The van der Waals surface area contributed by atoms with Crippen molar-refractivity contribution >= 4 is 33.4 Å². The van der Waals surface area contributed by atoms with Gasteiger partial charge in [0.05, 0.1) is 4.90 Å². The topological polar surface area (TPSA) is 148 Å². The molecule has 4 rings (SSSR count). The Balaban J connectivity index is 1.46. The summed E-state index contributed by atoms with van der Waals surface area (Å²) >= 11 is 0. The van der Waals surface area contributed by atoms with Crippen LogP contribution in [0.5, 0.6) is 0 Å². The zero-order valence-electron chi connectivity index (χ0n) is 16.8. The van der Waals surface area contributed by atoms with Gasteiger partial charge in [0.1, 0.15) is 5.82 Å². The van der Waals surface area contributed by atoms with E-state index in [-0.39, 0.29) is 10.8 Å². The molecule has 0 atom stereocenters. The van der Waals surface area contributed by atoms with Crippen molar-refractivity contribution in [3.8, 4) is 0 Å². The molecule has 1 saturated carbocycles. The predicted molar refractivity (Wildman–Crippen MR) is 119 cm³/mol. The molecule has 31 heavy (non-hydrogen) atoms. The molecular weight excluding hydrogens is 416 g/mol. The lowest BCUT2D eigenvalue weighted by atomic mass is 10.2. The van der Waals surface area contributed by atoms with E-state index in [9.17, 15) is 8.42 Å². The largest absolute Gasteiger partial charge is 0.370 e. The number of hydrogen-bond donors (Lipinski definition) is 4. The summed E-state index contributed by atoms with van der Waals surface area (Å²) in [6, 6.07) is 7.90. The van der Waals surface area contributed by atoms with E-state index in [1.165, 1.54) is 24.5 Å². The molecule has 0 amide bonds. The summed E-state index contributed by atoms with van der Waals surface area (Å²) < 4.78 is 27.3. The molecule has 1 aromatic carbocycles. The van der Waals surface area contributed by atoms with E-state index >= 15 is 0 Å². The number of benzene rings is 1. The molecule has 1 fully saturated rings. The maximum absolute atomic E-state index is 12.5. The Labute approximate surface area is 180 Å². The Bertz CT molecular complexity index is 1120.